The van der Waals surface area contributed by atoms with Crippen LogP contribution in [0.4, 0.5) is 11.9 Å². The lowest BCUT2D eigenvalue weighted by atomic mass is 10.4. The highest BCUT2D eigenvalue weighted by Crippen LogP contribution is 2.32. The molecule has 2 aromatic rings. The van der Waals surface area contributed by atoms with E-state index >= 15 is 0 Å². The van der Waals surface area contributed by atoms with Gasteiger partial charge in [0.1, 0.15) is 0 Å². The van der Waals surface area contributed by atoms with Crippen LogP contribution >= 0.6 is 11.3 Å². The zero-order valence-corrected chi connectivity index (χ0v) is 12.1. The highest BCUT2D eigenvalue weighted by atomic mass is 32.1. The van der Waals surface area contributed by atoms with Crippen LogP contribution in [0.5, 0.6) is 6.01 Å². The molecule has 0 saturated heterocycles. The predicted molar refractivity (Wildman–Crippen MR) is 78.9 cm³/mol. The van der Waals surface area contributed by atoms with Crippen molar-refractivity contribution in [3.8, 4) is 6.01 Å². The first kappa shape index (κ1) is 13.1. The van der Waals surface area contributed by atoms with Gasteiger partial charge in [-0.15, -0.1) is 11.3 Å². The van der Waals surface area contributed by atoms with Gasteiger partial charge < -0.3 is 15.4 Å². The molecule has 1 aliphatic rings. The van der Waals surface area contributed by atoms with Crippen molar-refractivity contribution < 1.29 is 4.74 Å². The molecule has 7 heteroatoms. The summed E-state index contributed by atoms with van der Waals surface area (Å²) < 4.78 is 5.35. The van der Waals surface area contributed by atoms with Crippen LogP contribution in [-0.2, 0) is 6.54 Å². The van der Waals surface area contributed by atoms with Crippen LogP contribution in [-0.4, -0.2) is 27.6 Å². The van der Waals surface area contributed by atoms with Crippen LogP contribution in [0.15, 0.2) is 17.5 Å². The van der Waals surface area contributed by atoms with Gasteiger partial charge in [0, 0.05) is 10.9 Å². The van der Waals surface area contributed by atoms with E-state index in [1.54, 1.807) is 11.3 Å². The first-order chi connectivity index (χ1) is 9.76. The molecule has 1 saturated carbocycles. The second-order valence-electron chi connectivity index (χ2n) is 4.65. The maximum atomic E-state index is 5.76. The second-order valence-corrected chi connectivity index (χ2v) is 5.68. The summed E-state index contributed by atoms with van der Waals surface area (Å²) in [4.78, 5) is 16.1. The van der Waals surface area contributed by atoms with E-state index in [9.17, 15) is 0 Å². The molecule has 0 spiro atoms. The molecule has 2 aromatic heterocycles. The molecule has 0 bridgehead atoms. The standard InChI is InChI=1S/C13H17N5OS/c1-2-19-13-16-11(14)15-12(17-13)18(9-5-6-9)8-10-4-3-7-20-10/h3-4,7,9H,2,5-6,8H2,1H3,(H2,14,15,16,17). The van der Waals surface area contributed by atoms with Gasteiger partial charge in [-0.2, -0.15) is 15.0 Å². The summed E-state index contributed by atoms with van der Waals surface area (Å²) in [6, 6.07) is 4.96. The third-order valence-corrected chi connectivity index (χ3v) is 3.91. The smallest absolute Gasteiger partial charge is 0.323 e. The van der Waals surface area contributed by atoms with E-state index in [1.165, 1.54) is 17.7 Å². The van der Waals surface area contributed by atoms with Crippen molar-refractivity contribution in [1.29, 1.82) is 0 Å². The molecule has 20 heavy (non-hydrogen) atoms. The lowest BCUT2D eigenvalue weighted by molar-refractivity contribution is 0.312. The predicted octanol–water partition coefficient (Wildman–Crippen LogP) is 2.08. The Bertz CT molecular complexity index is 570. The summed E-state index contributed by atoms with van der Waals surface area (Å²) in [6.07, 6.45) is 2.34. The van der Waals surface area contributed by atoms with E-state index in [0.717, 1.165) is 6.54 Å². The molecule has 0 unspecified atom stereocenters. The lowest BCUT2D eigenvalue weighted by Crippen LogP contribution is -2.27. The van der Waals surface area contributed by atoms with Gasteiger partial charge in [-0.05, 0) is 31.2 Å². The van der Waals surface area contributed by atoms with E-state index in [0.29, 0.717) is 24.6 Å². The Morgan fingerprint density at radius 1 is 1.40 bits per heavy atom. The first-order valence-electron chi connectivity index (χ1n) is 6.69. The van der Waals surface area contributed by atoms with Crippen LogP contribution in [0, 0.1) is 0 Å². The SMILES string of the molecule is CCOc1nc(N)nc(N(Cc2cccs2)C2CC2)n1. The Labute approximate surface area is 121 Å². The van der Waals surface area contributed by atoms with Crippen molar-refractivity contribution >= 4 is 23.2 Å². The summed E-state index contributed by atoms with van der Waals surface area (Å²) in [5.74, 6) is 0.812. The third kappa shape index (κ3) is 2.98. The Morgan fingerprint density at radius 2 is 2.25 bits per heavy atom. The maximum absolute atomic E-state index is 5.76. The van der Waals surface area contributed by atoms with Crippen molar-refractivity contribution in [2.75, 3.05) is 17.2 Å². The molecular weight excluding hydrogens is 274 g/mol. The molecule has 1 aliphatic carbocycles. The minimum Gasteiger partial charge on any atom is -0.464 e. The van der Waals surface area contributed by atoms with Crippen LogP contribution in [0.25, 0.3) is 0 Å². The monoisotopic (exact) mass is 291 g/mol. The highest BCUT2D eigenvalue weighted by Gasteiger charge is 2.31. The summed E-state index contributed by atoms with van der Waals surface area (Å²) in [5.41, 5.74) is 5.76. The summed E-state index contributed by atoms with van der Waals surface area (Å²) in [5, 5.41) is 2.08. The van der Waals surface area contributed by atoms with Gasteiger partial charge >= 0.3 is 6.01 Å². The van der Waals surface area contributed by atoms with E-state index in [2.05, 4.69) is 37.4 Å². The minimum absolute atomic E-state index is 0.204. The zero-order valence-electron chi connectivity index (χ0n) is 11.3. The Hall–Kier alpha value is -1.89. The van der Waals surface area contributed by atoms with Crippen molar-refractivity contribution in [2.24, 2.45) is 0 Å². The number of nitrogen functional groups attached to an aromatic ring is 1. The number of ether oxygens (including phenoxy) is 1. The van der Waals surface area contributed by atoms with Crippen LogP contribution in [0.1, 0.15) is 24.6 Å². The topological polar surface area (TPSA) is 77.2 Å². The molecule has 0 aromatic carbocycles. The van der Waals surface area contributed by atoms with Crippen LogP contribution in [0.3, 0.4) is 0 Å². The fraction of sp³-hybridized carbons (Fsp3) is 0.462. The number of anilines is 2. The second kappa shape index (κ2) is 5.62. The quantitative estimate of drug-likeness (QED) is 0.878. The molecule has 0 amide bonds. The summed E-state index contributed by atoms with van der Waals surface area (Å²) in [6.45, 7) is 3.21. The van der Waals surface area contributed by atoms with E-state index in [4.69, 9.17) is 10.5 Å². The van der Waals surface area contributed by atoms with Crippen LogP contribution in [0.2, 0.25) is 0 Å². The van der Waals surface area contributed by atoms with Crippen LogP contribution < -0.4 is 15.4 Å². The fourth-order valence-corrected chi connectivity index (χ4v) is 2.71. The molecule has 6 nitrogen and oxygen atoms in total. The van der Waals surface area contributed by atoms with Crippen molar-refractivity contribution in [3.05, 3.63) is 22.4 Å². The number of nitrogens with zero attached hydrogens (tertiary/aromatic N) is 4. The molecule has 106 valence electrons. The normalized spacial score (nSPS) is 14.2. The molecule has 1 fully saturated rings. The Kier molecular flexibility index (Phi) is 3.68. The number of hydrogen-bond acceptors (Lipinski definition) is 7. The molecule has 0 aliphatic heterocycles. The van der Waals surface area contributed by atoms with Gasteiger partial charge in [-0.25, -0.2) is 0 Å². The highest BCUT2D eigenvalue weighted by molar-refractivity contribution is 7.09. The zero-order chi connectivity index (χ0) is 13.9. The average molecular weight is 291 g/mol. The van der Waals surface area contributed by atoms with Gasteiger partial charge in [0.05, 0.1) is 13.2 Å². The molecule has 2 heterocycles. The van der Waals surface area contributed by atoms with Gasteiger partial charge in [0.25, 0.3) is 0 Å². The van der Waals surface area contributed by atoms with E-state index < -0.39 is 0 Å². The summed E-state index contributed by atoms with van der Waals surface area (Å²) >= 11 is 1.73. The van der Waals surface area contributed by atoms with Crippen molar-refractivity contribution in [2.45, 2.75) is 32.4 Å². The van der Waals surface area contributed by atoms with Crippen molar-refractivity contribution in [3.63, 3.8) is 0 Å². The largest absolute Gasteiger partial charge is 0.464 e. The van der Waals surface area contributed by atoms with Gasteiger partial charge in [0.15, 0.2) is 0 Å². The van der Waals surface area contributed by atoms with Gasteiger partial charge in [-0.3, -0.25) is 0 Å². The average Bonchev–Trinajstić information content (AvgIpc) is 3.12. The van der Waals surface area contributed by atoms with E-state index in [-0.39, 0.29) is 5.95 Å². The first-order valence-corrected chi connectivity index (χ1v) is 7.57. The van der Waals surface area contributed by atoms with Crippen molar-refractivity contribution in [1.82, 2.24) is 15.0 Å². The third-order valence-electron chi connectivity index (χ3n) is 3.04. The van der Waals surface area contributed by atoms with Gasteiger partial charge in [0.2, 0.25) is 11.9 Å². The number of hydrogen-bond donors (Lipinski definition) is 1. The van der Waals surface area contributed by atoms with E-state index in [1.807, 2.05) is 6.92 Å². The molecule has 0 atom stereocenters. The lowest BCUT2D eigenvalue weighted by Gasteiger charge is -2.21. The molecule has 0 radical (unpaired) electrons. The number of rotatable bonds is 6. The summed E-state index contributed by atoms with van der Waals surface area (Å²) in [7, 11) is 0. The minimum atomic E-state index is 0.204. The Balaban J connectivity index is 1.86. The van der Waals surface area contributed by atoms with Gasteiger partial charge in [-0.1, -0.05) is 6.07 Å². The molecular formula is C13H17N5OS. The number of nitrogens with two attached hydrogens (primary N) is 1. The molecule has 2 N–H and O–H groups in total. The maximum Gasteiger partial charge on any atom is 0.323 e. The fourth-order valence-electron chi connectivity index (χ4n) is 2.00. The number of aromatic nitrogens is 3. The molecule has 3 rings (SSSR count). The number of thiophene rings is 1. The Morgan fingerprint density at radius 3 is 2.90 bits per heavy atom.